The van der Waals surface area contributed by atoms with E-state index in [4.69, 9.17) is 57.2 Å². The molecule has 0 saturated heterocycles. The van der Waals surface area contributed by atoms with E-state index in [9.17, 15) is 4.79 Å². The molecule has 0 heterocycles. The zero-order valence-electron chi connectivity index (χ0n) is 30.2. The zero-order valence-corrected chi connectivity index (χ0v) is 30.2. The summed E-state index contributed by atoms with van der Waals surface area (Å²) in [5, 5.41) is 8.43. The van der Waals surface area contributed by atoms with Crippen LogP contribution in [-0.4, -0.2) is 156 Å². The van der Waals surface area contributed by atoms with Gasteiger partial charge in [-0.25, -0.2) is 4.79 Å². The number of aliphatic carboxylic acids is 1. The van der Waals surface area contributed by atoms with E-state index in [0.29, 0.717) is 126 Å². The van der Waals surface area contributed by atoms with Crippen molar-refractivity contribution in [1.29, 1.82) is 0 Å². The van der Waals surface area contributed by atoms with Gasteiger partial charge in [0.1, 0.15) is 6.61 Å². The maximum atomic E-state index is 10.3. The fourth-order valence-electron chi connectivity index (χ4n) is 4.23. The lowest BCUT2D eigenvalue weighted by molar-refractivity contribution is -0.142. The van der Waals surface area contributed by atoms with Gasteiger partial charge in [-0.1, -0.05) is 71.1 Å². The number of carboxylic acid groups (broad SMARTS) is 1. The average molecular weight is 699 g/mol. The molecule has 48 heavy (non-hydrogen) atoms. The Hall–Kier alpha value is -0.970. The highest BCUT2D eigenvalue weighted by Crippen LogP contribution is 2.11. The third-order valence-corrected chi connectivity index (χ3v) is 6.84. The maximum absolute atomic E-state index is 10.3. The first-order valence-electron chi connectivity index (χ1n) is 18.3. The van der Waals surface area contributed by atoms with Gasteiger partial charge in [-0.2, -0.15) is 0 Å². The van der Waals surface area contributed by atoms with E-state index in [-0.39, 0.29) is 13.2 Å². The van der Waals surface area contributed by atoms with Crippen molar-refractivity contribution in [3.05, 3.63) is 0 Å². The molecule has 1 N–H and O–H groups in total. The van der Waals surface area contributed by atoms with Gasteiger partial charge in [0, 0.05) is 6.61 Å². The number of rotatable bonds is 44. The molecule has 13 nitrogen and oxygen atoms in total. The van der Waals surface area contributed by atoms with Crippen LogP contribution in [-0.2, 0) is 56.9 Å². The first-order valence-corrected chi connectivity index (χ1v) is 18.3. The summed E-state index contributed by atoms with van der Waals surface area (Å²) >= 11 is 0. The lowest BCUT2D eigenvalue weighted by Gasteiger charge is -2.09. The van der Waals surface area contributed by atoms with Crippen LogP contribution in [0.4, 0.5) is 0 Å². The van der Waals surface area contributed by atoms with Crippen LogP contribution in [0.15, 0.2) is 0 Å². The quantitative estimate of drug-likeness (QED) is 0.0891. The molecule has 0 aromatic carbocycles. The standard InChI is InChI=1S/C35H70O13/c1-2-3-4-5-6-7-8-9-10-11-12-13-38-14-15-39-16-17-40-18-19-41-20-21-42-22-23-43-24-25-44-26-27-45-28-29-46-30-31-47-32-33-48-34-35(36)37/h2-34H2,1H3,(H,36,37). The van der Waals surface area contributed by atoms with E-state index in [1.165, 1.54) is 64.2 Å². The van der Waals surface area contributed by atoms with Crippen LogP contribution in [0.2, 0.25) is 0 Å². The first-order chi connectivity index (χ1) is 23.8. The second-order valence-electron chi connectivity index (χ2n) is 11.1. The Bertz CT molecular complexity index is 601. The largest absolute Gasteiger partial charge is 0.480 e. The Balaban J connectivity index is 3.04. The summed E-state index contributed by atoms with van der Waals surface area (Å²) in [6.07, 6.45) is 14.8. The SMILES string of the molecule is CCCCCCCCCCCCCOCCOCCOCCOCCOCCOCCOCCOCCOCCOCCOCC(=O)O. The molecule has 0 unspecified atom stereocenters. The van der Waals surface area contributed by atoms with Crippen molar-refractivity contribution >= 4 is 5.97 Å². The topological polar surface area (TPSA) is 139 Å². The predicted molar refractivity (Wildman–Crippen MR) is 183 cm³/mol. The van der Waals surface area contributed by atoms with Crippen molar-refractivity contribution in [2.45, 2.75) is 77.6 Å². The normalized spacial score (nSPS) is 11.5. The summed E-state index contributed by atoms with van der Waals surface area (Å²) in [7, 11) is 0. The second kappa shape index (κ2) is 44.1. The number of carbonyl (C=O) groups is 1. The van der Waals surface area contributed by atoms with Crippen molar-refractivity contribution in [2.24, 2.45) is 0 Å². The predicted octanol–water partition coefficient (Wildman–Crippen LogP) is 4.56. The smallest absolute Gasteiger partial charge is 0.329 e. The summed E-state index contributed by atoms with van der Waals surface area (Å²) in [6, 6.07) is 0. The summed E-state index contributed by atoms with van der Waals surface area (Å²) in [5.74, 6) is -0.993. The minimum Gasteiger partial charge on any atom is -0.480 e. The fourth-order valence-corrected chi connectivity index (χ4v) is 4.23. The molecule has 0 aliphatic heterocycles. The Morgan fingerprint density at radius 3 is 0.771 bits per heavy atom. The van der Waals surface area contributed by atoms with Gasteiger partial charge in [-0.15, -0.1) is 0 Å². The minimum absolute atomic E-state index is 0.245. The molecule has 0 spiro atoms. The third-order valence-electron chi connectivity index (χ3n) is 6.84. The highest BCUT2D eigenvalue weighted by Gasteiger charge is 1.98. The number of hydrogen-bond donors (Lipinski definition) is 1. The van der Waals surface area contributed by atoms with Gasteiger partial charge in [0.2, 0.25) is 0 Å². The molecule has 0 saturated carbocycles. The molecule has 0 radical (unpaired) electrons. The molecule has 0 fully saturated rings. The fraction of sp³-hybridized carbons (Fsp3) is 0.971. The second-order valence-corrected chi connectivity index (χ2v) is 11.1. The zero-order chi connectivity index (χ0) is 34.7. The monoisotopic (exact) mass is 698 g/mol. The van der Waals surface area contributed by atoms with Gasteiger partial charge < -0.3 is 57.2 Å². The Labute approximate surface area is 290 Å². The lowest BCUT2D eigenvalue weighted by atomic mass is 10.1. The molecule has 0 aromatic heterocycles. The molecular formula is C35H70O13. The van der Waals surface area contributed by atoms with Gasteiger partial charge >= 0.3 is 5.97 Å². The van der Waals surface area contributed by atoms with Crippen LogP contribution in [0.1, 0.15) is 77.6 Å². The van der Waals surface area contributed by atoms with Crippen LogP contribution >= 0.6 is 0 Å². The summed E-state index contributed by atoms with van der Waals surface area (Å²) < 4.78 is 59.5. The van der Waals surface area contributed by atoms with Gasteiger partial charge in [0.15, 0.2) is 0 Å². The molecule has 288 valence electrons. The van der Waals surface area contributed by atoms with Gasteiger partial charge in [0.25, 0.3) is 0 Å². The van der Waals surface area contributed by atoms with Crippen molar-refractivity contribution in [3.63, 3.8) is 0 Å². The van der Waals surface area contributed by atoms with Crippen LogP contribution in [0.25, 0.3) is 0 Å². The Kier molecular flexibility index (Phi) is 43.2. The van der Waals surface area contributed by atoms with E-state index in [1.54, 1.807) is 0 Å². The van der Waals surface area contributed by atoms with Crippen molar-refractivity contribution < 1.29 is 62.0 Å². The van der Waals surface area contributed by atoms with Crippen LogP contribution in [0.5, 0.6) is 0 Å². The molecular weight excluding hydrogens is 628 g/mol. The Morgan fingerprint density at radius 2 is 0.521 bits per heavy atom. The molecule has 0 aliphatic rings. The summed E-state index contributed by atoms with van der Waals surface area (Å²) in [5.41, 5.74) is 0. The van der Waals surface area contributed by atoms with Crippen molar-refractivity contribution in [3.8, 4) is 0 Å². The van der Waals surface area contributed by atoms with Crippen LogP contribution in [0, 0.1) is 0 Å². The number of unbranched alkanes of at least 4 members (excludes halogenated alkanes) is 10. The van der Waals surface area contributed by atoms with E-state index in [2.05, 4.69) is 6.92 Å². The molecule has 0 atom stereocenters. The van der Waals surface area contributed by atoms with E-state index >= 15 is 0 Å². The van der Waals surface area contributed by atoms with Crippen LogP contribution in [0.3, 0.4) is 0 Å². The van der Waals surface area contributed by atoms with Gasteiger partial charge in [-0.3, -0.25) is 0 Å². The first kappa shape index (κ1) is 47.0. The molecule has 0 bridgehead atoms. The van der Waals surface area contributed by atoms with Gasteiger partial charge in [-0.05, 0) is 6.42 Å². The van der Waals surface area contributed by atoms with Gasteiger partial charge in [0.05, 0.1) is 132 Å². The minimum atomic E-state index is -0.993. The third kappa shape index (κ3) is 45.0. The lowest BCUT2D eigenvalue weighted by Crippen LogP contribution is -2.15. The highest BCUT2D eigenvalue weighted by molar-refractivity contribution is 5.67. The molecule has 13 heteroatoms. The highest BCUT2D eigenvalue weighted by atomic mass is 16.6. The molecule has 0 aliphatic carbocycles. The van der Waals surface area contributed by atoms with Crippen molar-refractivity contribution in [1.82, 2.24) is 0 Å². The summed E-state index contributed by atoms with van der Waals surface area (Å²) in [6.45, 7) is 12.6. The summed E-state index contributed by atoms with van der Waals surface area (Å²) in [4.78, 5) is 10.3. The molecule has 0 aromatic rings. The Morgan fingerprint density at radius 1 is 0.312 bits per heavy atom. The average Bonchev–Trinajstić information content (AvgIpc) is 3.08. The van der Waals surface area contributed by atoms with E-state index < -0.39 is 5.97 Å². The number of ether oxygens (including phenoxy) is 11. The van der Waals surface area contributed by atoms with Crippen LogP contribution < -0.4 is 0 Å². The van der Waals surface area contributed by atoms with E-state index in [1.807, 2.05) is 0 Å². The number of hydrogen-bond acceptors (Lipinski definition) is 12. The maximum Gasteiger partial charge on any atom is 0.329 e. The number of carboxylic acids is 1. The molecule has 0 amide bonds. The molecule has 0 rings (SSSR count). The van der Waals surface area contributed by atoms with E-state index in [0.717, 1.165) is 13.0 Å². The van der Waals surface area contributed by atoms with Crippen molar-refractivity contribution in [2.75, 3.05) is 145 Å².